The van der Waals surface area contributed by atoms with E-state index in [9.17, 15) is 4.79 Å². The van der Waals surface area contributed by atoms with E-state index in [1.165, 1.54) is 0 Å². The van der Waals surface area contributed by atoms with Crippen LogP contribution in [0.2, 0.25) is 0 Å². The molecule has 1 aromatic carbocycles. The molecular weight excluding hydrogens is 190 g/mol. The van der Waals surface area contributed by atoms with Gasteiger partial charge in [0.2, 0.25) is 0 Å². The van der Waals surface area contributed by atoms with Crippen molar-refractivity contribution >= 4 is 5.97 Å². The third kappa shape index (κ3) is 3.17. The minimum Gasteiger partial charge on any atom is -0.449 e. The van der Waals surface area contributed by atoms with Gasteiger partial charge in [0.15, 0.2) is 6.61 Å². The minimum absolute atomic E-state index is 0.0290. The van der Waals surface area contributed by atoms with Gasteiger partial charge in [0.25, 0.3) is 0 Å². The maximum atomic E-state index is 11.3. The summed E-state index contributed by atoms with van der Waals surface area (Å²) >= 11 is 0. The summed E-state index contributed by atoms with van der Waals surface area (Å²) in [7, 11) is 0. The molecule has 3 nitrogen and oxygen atoms in total. The summed E-state index contributed by atoms with van der Waals surface area (Å²) < 4.78 is 4.74. The lowest BCUT2D eigenvalue weighted by molar-refractivity contribution is 0.0557. The van der Waals surface area contributed by atoms with Gasteiger partial charge in [-0.3, -0.25) is 0 Å². The number of terminal acetylenes is 1. The number of carbonyl (C=O) groups excluding carboxylic acids is 1. The van der Waals surface area contributed by atoms with Crippen LogP contribution in [-0.2, 0) is 11.2 Å². The number of nitriles is 1. The monoisotopic (exact) mass is 199 g/mol. The number of benzene rings is 1. The second-order valence-corrected chi connectivity index (χ2v) is 2.81. The Bertz CT molecular complexity index is 420. The number of hydrogen-bond acceptors (Lipinski definition) is 3. The summed E-state index contributed by atoms with van der Waals surface area (Å²) in [5.41, 5.74) is 1.30. The zero-order chi connectivity index (χ0) is 11.1. The second kappa shape index (κ2) is 5.47. The van der Waals surface area contributed by atoms with Crippen molar-refractivity contribution in [2.45, 2.75) is 6.42 Å². The molecule has 0 spiro atoms. The highest BCUT2D eigenvalue weighted by atomic mass is 16.5. The number of rotatable bonds is 3. The van der Waals surface area contributed by atoms with Gasteiger partial charge in [0, 0.05) is 0 Å². The predicted octanol–water partition coefficient (Wildman–Crippen LogP) is 1.54. The lowest BCUT2D eigenvalue weighted by Gasteiger charge is -2.01. The Morgan fingerprint density at radius 3 is 2.60 bits per heavy atom. The summed E-state index contributed by atoms with van der Waals surface area (Å²) in [6.07, 6.45) is 5.29. The van der Waals surface area contributed by atoms with Crippen LogP contribution in [0.1, 0.15) is 15.9 Å². The van der Waals surface area contributed by atoms with Crippen LogP contribution in [0.25, 0.3) is 0 Å². The Morgan fingerprint density at radius 2 is 2.07 bits per heavy atom. The van der Waals surface area contributed by atoms with Crippen LogP contribution >= 0.6 is 0 Å². The molecule has 0 bridgehead atoms. The summed E-state index contributed by atoms with van der Waals surface area (Å²) in [5, 5.41) is 8.45. The molecule has 3 heteroatoms. The molecule has 1 rings (SSSR count). The summed E-state index contributed by atoms with van der Waals surface area (Å²) in [6.45, 7) is -0.0290. The van der Waals surface area contributed by atoms with E-state index in [0.717, 1.165) is 5.56 Å². The van der Waals surface area contributed by atoms with E-state index in [1.807, 2.05) is 6.07 Å². The van der Waals surface area contributed by atoms with E-state index in [0.29, 0.717) is 12.0 Å². The van der Waals surface area contributed by atoms with E-state index < -0.39 is 5.97 Å². The highest BCUT2D eigenvalue weighted by Crippen LogP contribution is 2.06. The van der Waals surface area contributed by atoms with Gasteiger partial charge in [0.05, 0.1) is 18.1 Å². The van der Waals surface area contributed by atoms with Crippen molar-refractivity contribution in [1.29, 1.82) is 5.26 Å². The van der Waals surface area contributed by atoms with E-state index in [4.69, 9.17) is 16.4 Å². The molecule has 0 radical (unpaired) electrons. The average Bonchev–Trinajstić information content (AvgIpc) is 2.27. The Kier molecular flexibility index (Phi) is 3.94. The van der Waals surface area contributed by atoms with Crippen LogP contribution in [0.3, 0.4) is 0 Å². The van der Waals surface area contributed by atoms with Gasteiger partial charge in [-0.1, -0.05) is 18.1 Å². The minimum atomic E-state index is -0.448. The fourth-order valence-electron chi connectivity index (χ4n) is 1.04. The highest BCUT2D eigenvalue weighted by molar-refractivity contribution is 5.89. The molecule has 0 saturated carbocycles. The van der Waals surface area contributed by atoms with E-state index in [-0.39, 0.29) is 6.61 Å². The molecule has 0 aromatic heterocycles. The summed E-state index contributed by atoms with van der Waals surface area (Å²) in [6, 6.07) is 8.69. The van der Waals surface area contributed by atoms with Crippen molar-refractivity contribution in [3.8, 4) is 18.4 Å². The molecule has 74 valence electrons. The topological polar surface area (TPSA) is 50.1 Å². The molecule has 0 atom stereocenters. The lowest BCUT2D eigenvalue weighted by atomic mass is 10.1. The zero-order valence-corrected chi connectivity index (χ0v) is 8.06. The smallest absolute Gasteiger partial charge is 0.339 e. The van der Waals surface area contributed by atoms with Crippen LogP contribution in [0.5, 0.6) is 0 Å². The molecule has 0 N–H and O–H groups in total. The fourth-order valence-corrected chi connectivity index (χ4v) is 1.04. The molecule has 0 unspecified atom stereocenters. The molecule has 0 aliphatic carbocycles. The van der Waals surface area contributed by atoms with E-state index in [2.05, 4.69) is 5.92 Å². The predicted molar refractivity (Wildman–Crippen MR) is 54.9 cm³/mol. The van der Waals surface area contributed by atoms with Crippen LogP contribution in [0, 0.1) is 23.7 Å². The maximum Gasteiger partial charge on any atom is 0.339 e. The SMILES string of the molecule is C#CCOC(=O)c1ccc(CC#N)cc1. The van der Waals surface area contributed by atoms with Crippen molar-refractivity contribution in [1.82, 2.24) is 0 Å². The van der Waals surface area contributed by atoms with E-state index >= 15 is 0 Å². The molecule has 0 aliphatic heterocycles. The van der Waals surface area contributed by atoms with Crippen molar-refractivity contribution < 1.29 is 9.53 Å². The van der Waals surface area contributed by atoms with Crippen LogP contribution < -0.4 is 0 Å². The molecule has 0 aliphatic rings. The van der Waals surface area contributed by atoms with Crippen LogP contribution in [0.4, 0.5) is 0 Å². The first-order valence-corrected chi connectivity index (χ1v) is 4.34. The molecule has 0 fully saturated rings. The maximum absolute atomic E-state index is 11.3. The fraction of sp³-hybridized carbons (Fsp3) is 0.167. The van der Waals surface area contributed by atoms with E-state index in [1.54, 1.807) is 24.3 Å². The second-order valence-electron chi connectivity index (χ2n) is 2.81. The number of nitrogens with zero attached hydrogens (tertiary/aromatic N) is 1. The molecule has 0 amide bonds. The molecule has 15 heavy (non-hydrogen) atoms. The third-order valence-electron chi connectivity index (χ3n) is 1.76. The van der Waals surface area contributed by atoms with Gasteiger partial charge < -0.3 is 4.74 Å². The van der Waals surface area contributed by atoms with Crippen molar-refractivity contribution in [2.75, 3.05) is 6.61 Å². The number of carbonyl (C=O) groups is 1. The van der Waals surface area contributed by atoms with Gasteiger partial charge in [0.1, 0.15) is 0 Å². The van der Waals surface area contributed by atoms with Crippen LogP contribution in [-0.4, -0.2) is 12.6 Å². The zero-order valence-electron chi connectivity index (χ0n) is 8.06. The van der Waals surface area contributed by atoms with Crippen molar-refractivity contribution in [3.63, 3.8) is 0 Å². The van der Waals surface area contributed by atoms with Gasteiger partial charge >= 0.3 is 5.97 Å². The Balaban J connectivity index is 2.68. The Morgan fingerprint density at radius 1 is 1.40 bits per heavy atom. The number of ether oxygens (including phenoxy) is 1. The Labute approximate surface area is 88.3 Å². The molecule has 0 heterocycles. The first-order valence-electron chi connectivity index (χ1n) is 4.34. The molecule has 0 saturated heterocycles. The highest BCUT2D eigenvalue weighted by Gasteiger charge is 2.05. The van der Waals surface area contributed by atoms with Crippen molar-refractivity contribution in [3.05, 3.63) is 35.4 Å². The average molecular weight is 199 g/mol. The first-order chi connectivity index (χ1) is 7.27. The van der Waals surface area contributed by atoms with Gasteiger partial charge in [-0.05, 0) is 17.7 Å². The van der Waals surface area contributed by atoms with Gasteiger partial charge in [-0.2, -0.15) is 5.26 Å². The van der Waals surface area contributed by atoms with Crippen LogP contribution in [0.15, 0.2) is 24.3 Å². The van der Waals surface area contributed by atoms with Gasteiger partial charge in [-0.25, -0.2) is 4.79 Å². The van der Waals surface area contributed by atoms with Gasteiger partial charge in [-0.15, -0.1) is 6.42 Å². The molecule has 1 aromatic rings. The molecular formula is C12H9NO2. The Hall–Kier alpha value is -2.26. The number of esters is 1. The van der Waals surface area contributed by atoms with Crippen molar-refractivity contribution in [2.24, 2.45) is 0 Å². The first kappa shape index (κ1) is 10.8. The third-order valence-corrected chi connectivity index (χ3v) is 1.76. The lowest BCUT2D eigenvalue weighted by Crippen LogP contribution is -2.05. The number of hydrogen-bond donors (Lipinski definition) is 0. The quantitative estimate of drug-likeness (QED) is 0.548. The summed E-state index contributed by atoms with van der Waals surface area (Å²) in [5.74, 6) is 1.77. The summed E-state index contributed by atoms with van der Waals surface area (Å²) in [4.78, 5) is 11.3. The normalized spacial score (nSPS) is 8.67. The largest absolute Gasteiger partial charge is 0.449 e. The standard InChI is InChI=1S/C12H9NO2/c1-2-9-15-12(14)11-5-3-10(4-6-11)7-8-13/h1,3-6H,7,9H2.